The largest absolute Gasteiger partial charge is 0.507 e. The van der Waals surface area contributed by atoms with Crippen LogP contribution in [0.1, 0.15) is 150 Å². The molecule has 68 heavy (non-hydrogen) atoms. The second-order valence-electron chi connectivity index (χ2n) is 22.5. The third-order valence-electron chi connectivity index (χ3n) is 12.8. The predicted octanol–water partition coefficient (Wildman–Crippen LogP) is 10.1. The van der Waals surface area contributed by atoms with Gasteiger partial charge in [-0.3, -0.25) is 9.69 Å². The van der Waals surface area contributed by atoms with Gasteiger partial charge in [-0.2, -0.15) is 0 Å². The van der Waals surface area contributed by atoms with Gasteiger partial charge in [0.25, 0.3) is 0 Å². The fourth-order valence-electron chi connectivity index (χ4n) is 8.60. The Morgan fingerprint density at radius 2 is 0.824 bits per heavy atom. The van der Waals surface area contributed by atoms with Crippen LogP contribution in [0, 0.1) is 0 Å². The number of alkyl halides is 1. The van der Waals surface area contributed by atoms with Gasteiger partial charge in [0.05, 0.1) is 4.43 Å². The number of carbonyl (C=O) groups excluding carboxylic acids is 3. The number of nitrogens with zero attached hydrogens (tertiary/aromatic N) is 1. The maximum atomic E-state index is 13.6. The summed E-state index contributed by atoms with van der Waals surface area (Å²) in [5.74, 6) is -0.252. The van der Waals surface area contributed by atoms with Crippen molar-refractivity contribution in [1.29, 1.82) is 0 Å². The van der Waals surface area contributed by atoms with E-state index in [0.29, 0.717) is 40.3 Å². The Hall–Kier alpha value is -4.82. The molecular formula is C56H72INO10. The van der Waals surface area contributed by atoms with Gasteiger partial charge in [0, 0.05) is 45.3 Å². The van der Waals surface area contributed by atoms with E-state index in [1.54, 1.807) is 0 Å². The lowest BCUT2D eigenvalue weighted by molar-refractivity contribution is -0.146. The van der Waals surface area contributed by atoms with Gasteiger partial charge in [0.2, 0.25) is 0 Å². The second-order valence-corrected chi connectivity index (χ2v) is 23.2. The van der Waals surface area contributed by atoms with E-state index in [4.69, 9.17) is 23.7 Å². The van der Waals surface area contributed by atoms with E-state index in [9.17, 15) is 24.6 Å². The molecule has 0 radical (unpaired) electrons. The summed E-state index contributed by atoms with van der Waals surface area (Å²) in [6.07, 6.45) is 1.07. The molecule has 10 bridgehead atoms. The van der Waals surface area contributed by atoms with Crippen molar-refractivity contribution in [2.24, 2.45) is 0 Å². The van der Waals surface area contributed by atoms with E-state index < -0.39 is 25.2 Å². The van der Waals surface area contributed by atoms with Crippen LogP contribution < -0.4 is 9.47 Å². The van der Waals surface area contributed by atoms with Crippen LogP contribution in [0.4, 0.5) is 0 Å². The highest BCUT2D eigenvalue weighted by Gasteiger charge is 2.29. The zero-order chi connectivity index (χ0) is 49.9. The predicted molar refractivity (Wildman–Crippen MR) is 274 cm³/mol. The SMILES string of the molecule is CC(C)(C)c1cc2c(O)c(c1)Cc1cc(C(C)(C)C)cc3c1OCC(=O)OCCN(CCOC(=O)CI)CCOC(=O)COc1c(cc(C(C)(C)C)cc1Cc1cc(C(C)(C)C)cc(c1O)C3)C2. The molecule has 368 valence electrons. The average molecular weight is 1050 g/mol. The molecule has 1 heterocycles. The maximum absolute atomic E-state index is 13.6. The number of ether oxygens (including phenoxy) is 5. The summed E-state index contributed by atoms with van der Waals surface area (Å²) < 4.78 is 30.3. The lowest BCUT2D eigenvalue weighted by Gasteiger charge is -2.28. The first-order valence-electron chi connectivity index (χ1n) is 23.7. The van der Waals surface area contributed by atoms with Gasteiger partial charge in [-0.1, -0.05) is 154 Å². The number of esters is 3. The van der Waals surface area contributed by atoms with Crippen LogP contribution in [0.15, 0.2) is 48.5 Å². The van der Waals surface area contributed by atoms with E-state index in [2.05, 4.69) is 132 Å². The zero-order valence-electron chi connectivity index (χ0n) is 42.3. The molecule has 0 saturated heterocycles. The molecule has 12 heteroatoms. The minimum Gasteiger partial charge on any atom is -0.507 e. The number of phenols is 2. The van der Waals surface area contributed by atoms with E-state index in [1.807, 2.05) is 27.5 Å². The van der Waals surface area contributed by atoms with E-state index in [0.717, 1.165) is 44.5 Å². The highest BCUT2D eigenvalue weighted by atomic mass is 127. The summed E-state index contributed by atoms with van der Waals surface area (Å²) in [5.41, 5.74) is 8.78. The smallest absolute Gasteiger partial charge is 0.344 e. The van der Waals surface area contributed by atoms with Gasteiger partial charge in [0.1, 0.15) is 42.8 Å². The van der Waals surface area contributed by atoms with Crippen molar-refractivity contribution in [3.63, 3.8) is 0 Å². The first-order valence-corrected chi connectivity index (χ1v) is 25.3. The van der Waals surface area contributed by atoms with E-state index in [-0.39, 0.29) is 102 Å². The molecule has 0 amide bonds. The number of fused-ring (bicyclic) bond motifs is 2. The Morgan fingerprint density at radius 1 is 0.529 bits per heavy atom. The fraction of sp³-hybridized carbons (Fsp3) is 0.518. The molecule has 2 N–H and O–H groups in total. The summed E-state index contributed by atoms with van der Waals surface area (Å²) in [6.45, 7) is 26.0. The van der Waals surface area contributed by atoms with Crippen molar-refractivity contribution in [2.75, 3.05) is 57.1 Å². The molecule has 0 fully saturated rings. The molecule has 0 spiro atoms. The Bertz CT molecular complexity index is 2260. The zero-order valence-corrected chi connectivity index (χ0v) is 44.5. The highest BCUT2D eigenvalue weighted by molar-refractivity contribution is 14.1. The second kappa shape index (κ2) is 21.0. The molecule has 0 atom stereocenters. The van der Waals surface area contributed by atoms with Gasteiger partial charge in [-0.25, -0.2) is 9.59 Å². The minimum atomic E-state index is -0.586. The lowest BCUT2D eigenvalue weighted by atomic mass is 9.79. The number of aromatic hydroxyl groups is 2. The summed E-state index contributed by atoms with van der Waals surface area (Å²) in [6, 6.07) is 16.7. The first kappa shape index (κ1) is 52.5. The van der Waals surface area contributed by atoms with Crippen LogP contribution in [0.2, 0.25) is 0 Å². The lowest BCUT2D eigenvalue weighted by Crippen LogP contribution is -2.36. The van der Waals surface area contributed by atoms with Crippen LogP contribution in [-0.4, -0.2) is 90.1 Å². The maximum Gasteiger partial charge on any atom is 0.344 e. The Morgan fingerprint density at radius 3 is 1.10 bits per heavy atom. The summed E-state index contributed by atoms with van der Waals surface area (Å²) in [7, 11) is 0. The number of cyclic esters (lactones) is 2. The van der Waals surface area contributed by atoms with Crippen LogP contribution in [0.3, 0.4) is 0 Å². The molecule has 4 aromatic carbocycles. The van der Waals surface area contributed by atoms with Gasteiger partial charge in [-0.05, 0) is 88.4 Å². The number of rotatable bonds is 4. The molecule has 0 unspecified atom stereocenters. The van der Waals surface area contributed by atoms with Crippen molar-refractivity contribution < 1.29 is 48.3 Å². The number of hydrogen-bond acceptors (Lipinski definition) is 11. The number of hydrogen-bond donors (Lipinski definition) is 2. The van der Waals surface area contributed by atoms with E-state index in [1.165, 1.54) is 0 Å². The molecule has 6 rings (SSSR count). The topological polar surface area (TPSA) is 141 Å². The number of halogens is 1. The Kier molecular flexibility index (Phi) is 16.3. The average Bonchev–Trinajstić information content (AvgIpc) is 3.23. The number of carbonyl (C=O) groups is 3. The number of phenolic OH excluding ortho intramolecular Hbond substituents is 2. The van der Waals surface area contributed by atoms with Crippen LogP contribution in [0.25, 0.3) is 0 Å². The molecular weight excluding hydrogens is 974 g/mol. The molecule has 0 aromatic heterocycles. The van der Waals surface area contributed by atoms with Crippen molar-refractivity contribution in [1.82, 2.24) is 4.90 Å². The Labute approximate surface area is 417 Å². The van der Waals surface area contributed by atoms with Crippen LogP contribution >= 0.6 is 22.6 Å². The summed E-state index contributed by atoms with van der Waals surface area (Å²) in [5, 5.41) is 25.1. The molecule has 11 nitrogen and oxygen atoms in total. The van der Waals surface area contributed by atoms with Gasteiger partial charge < -0.3 is 33.9 Å². The van der Waals surface area contributed by atoms with Crippen LogP contribution in [-0.2, 0) is 75.9 Å². The monoisotopic (exact) mass is 1050 g/mol. The summed E-state index contributed by atoms with van der Waals surface area (Å²) in [4.78, 5) is 41.1. The third kappa shape index (κ3) is 13.3. The summed E-state index contributed by atoms with van der Waals surface area (Å²) >= 11 is 1.95. The first-order chi connectivity index (χ1) is 31.7. The molecule has 1 aliphatic carbocycles. The molecule has 0 saturated carbocycles. The minimum absolute atomic E-state index is 0.00472. The quantitative estimate of drug-likeness (QED) is 0.0769. The van der Waals surface area contributed by atoms with Crippen molar-refractivity contribution in [3.05, 3.63) is 115 Å². The fourth-order valence-corrected chi connectivity index (χ4v) is 8.82. The molecule has 2 aliphatic rings. The van der Waals surface area contributed by atoms with Gasteiger partial charge in [-0.15, -0.1) is 0 Å². The van der Waals surface area contributed by atoms with Crippen LogP contribution in [0.5, 0.6) is 23.0 Å². The Balaban J connectivity index is 1.65. The standard InChI is InChI=1S/C56H72INO10/c1-53(2,3)42-23-34-19-38-27-44(55(7,8)9)29-40-21-36-25-43(54(4,5)6)26-37(50(36)63)22-41-30-45(56(10,11)12)28-39(20-35(24-42)49(34)62)52(41)68-33-48(61)66-18-15-58(13-16-64-46(59)31-57)14-17-65-47(60)32-67-51(38)40/h23-30,62-63H,13-22,31-33H2,1-12H3. The number of benzene rings is 4. The molecule has 4 aromatic rings. The van der Waals surface area contributed by atoms with E-state index >= 15 is 0 Å². The highest BCUT2D eigenvalue weighted by Crippen LogP contribution is 2.44. The normalized spacial score (nSPS) is 16.0. The van der Waals surface area contributed by atoms with Crippen molar-refractivity contribution in [2.45, 2.75) is 130 Å². The van der Waals surface area contributed by atoms with Gasteiger partial charge in [0.15, 0.2) is 13.2 Å². The van der Waals surface area contributed by atoms with Crippen molar-refractivity contribution >= 4 is 40.5 Å². The third-order valence-corrected chi connectivity index (χ3v) is 13.4. The van der Waals surface area contributed by atoms with Crippen molar-refractivity contribution in [3.8, 4) is 23.0 Å². The van der Waals surface area contributed by atoms with Gasteiger partial charge >= 0.3 is 17.9 Å². The molecule has 1 aliphatic heterocycles.